The smallest absolute Gasteiger partial charge is 0.222 e. The molecule has 0 saturated carbocycles. The van der Waals surface area contributed by atoms with Gasteiger partial charge in [-0.3, -0.25) is 14.4 Å². The second kappa shape index (κ2) is 10.1. The predicted octanol–water partition coefficient (Wildman–Crippen LogP) is 3.38. The number of aromatic nitrogens is 3. The van der Waals surface area contributed by atoms with Crippen LogP contribution in [0.1, 0.15) is 48.6 Å². The Labute approximate surface area is 197 Å². The standard InChI is InChI=1S/C24H27ClN6O2/c1-3-27-22(32)14-20-24-30-29-15(2)31(24)21-10-9-18(33-12-4-11-26)13-19(21)23(28-20)16-5-7-17(25)8-6-16/h5-10,13,20H,3-4,11-12,14,26H2,1-2H3,(H,27,32). The summed E-state index contributed by atoms with van der Waals surface area (Å²) < 4.78 is 7.89. The van der Waals surface area contributed by atoms with Crippen LogP contribution in [0.5, 0.6) is 5.75 Å². The lowest BCUT2D eigenvalue weighted by atomic mass is 10.00. The number of hydrogen-bond acceptors (Lipinski definition) is 6. The molecule has 3 N–H and O–H groups in total. The summed E-state index contributed by atoms with van der Waals surface area (Å²) in [5, 5.41) is 12.2. The van der Waals surface area contributed by atoms with Gasteiger partial charge in [0.15, 0.2) is 5.82 Å². The lowest BCUT2D eigenvalue weighted by Crippen LogP contribution is -2.25. The molecule has 33 heavy (non-hydrogen) atoms. The van der Waals surface area contributed by atoms with Gasteiger partial charge in [-0.15, -0.1) is 10.2 Å². The molecule has 1 aliphatic heterocycles. The molecule has 0 fully saturated rings. The van der Waals surface area contributed by atoms with Crippen LogP contribution in [0.4, 0.5) is 0 Å². The number of fused-ring (bicyclic) bond motifs is 3. The second-order valence-electron chi connectivity index (χ2n) is 7.77. The highest BCUT2D eigenvalue weighted by Gasteiger charge is 2.29. The van der Waals surface area contributed by atoms with Crippen LogP contribution < -0.4 is 15.8 Å². The van der Waals surface area contributed by atoms with Gasteiger partial charge < -0.3 is 15.8 Å². The quantitative estimate of drug-likeness (QED) is 0.495. The highest BCUT2D eigenvalue weighted by molar-refractivity contribution is 6.30. The van der Waals surface area contributed by atoms with Crippen molar-refractivity contribution >= 4 is 23.2 Å². The van der Waals surface area contributed by atoms with E-state index in [-0.39, 0.29) is 12.3 Å². The Bertz CT molecular complexity index is 1170. The Morgan fingerprint density at radius 3 is 2.73 bits per heavy atom. The molecule has 0 radical (unpaired) electrons. The van der Waals surface area contributed by atoms with E-state index in [1.165, 1.54) is 0 Å². The van der Waals surface area contributed by atoms with Crippen LogP contribution in [0.25, 0.3) is 5.69 Å². The van der Waals surface area contributed by atoms with Crippen molar-refractivity contribution in [2.75, 3.05) is 19.7 Å². The average Bonchev–Trinajstić information content (AvgIpc) is 3.12. The van der Waals surface area contributed by atoms with Crippen molar-refractivity contribution < 1.29 is 9.53 Å². The number of halogens is 1. The van der Waals surface area contributed by atoms with E-state index in [2.05, 4.69) is 15.5 Å². The zero-order chi connectivity index (χ0) is 23.4. The minimum absolute atomic E-state index is 0.0920. The number of hydrogen-bond donors (Lipinski definition) is 2. The highest BCUT2D eigenvalue weighted by atomic mass is 35.5. The lowest BCUT2D eigenvalue weighted by Gasteiger charge is -2.15. The van der Waals surface area contributed by atoms with E-state index in [1.54, 1.807) is 0 Å². The van der Waals surface area contributed by atoms with E-state index in [1.807, 2.05) is 60.9 Å². The van der Waals surface area contributed by atoms with Crippen molar-refractivity contribution in [1.29, 1.82) is 0 Å². The van der Waals surface area contributed by atoms with Gasteiger partial charge in [0, 0.05) is 22.7 Å². The first kappa shape index (κ1) is 22.9. The van der Waals surface area contributed by atoms with E-state index >= 15 is 0 Å². The molecule has 1 aromatic heterocycles. The number of carbonyl (C=O) groups is 1. The third-order valence-corrected chi connectivity index (χ3v) is 5.64. The molecule has 2 aromatic carbocycles. The molecule has 172 valence electrons. The largest absolute Gasteiger partial charge is 0.494 e. The number of rotatable bonds is 8. The van der Waals surface area contributed by atoms with Crippen LogP contribution in [0.3, 0.4) is 0 Å². The molecule has 0 aliphatic carbocycles. The molecular formula is C24H27ClN6O2. The molecule has 2 heterocycles. The molecule has 8 nitrogen and oxygen atoms in total. The van der Waals surface area contributed by atoms with Crippen LogP contribution in [0.2, 0.25) is 5.02 Å². The number of ether oxygens (including phenoxy) is 1. The first-order chi connectivity index (χ1) is 16.0. The SMILES string of the molecule is CCNC(=O)CC1N=C(c2ccc(Cl)cc2)c2cc(OCCCN)ccc2-n2c(C)nnc21. The molecule has 1 amide bonds. The van der Waals surface area contributed by atoms with Gasteiger partial charge in [0.2, 0.25) is 5.91 Å². The maximum atomic E-state index is 12.5. The normalized spacial score (nSPS) is 14.7. The Morgan fingerprint density at radius 2 is 2.00 bits per heavy atom. The molecule has 1 atom stereocenters. The predicted molar refractivity (Wildman–Crippen MR) is 128 cm³/mol. The third kappa shape index (κ3) is 4.91. The number of nitrogens with one attached hydrogen (secondary N) is 1. The molecular weight excluding hydrogens is 440 g/mol. The summed E-state index contributed by atoms with van der Waals surface area (Å²) in [7, 11) is 0. The Balaban J connectivity index is 1.88. The maximum absolute atomic E-state index is 12.5. The summed E-state index contributed by atoms with van der Waals surface area (Å²) in [6.07, 6.45) is 0.926. The topological polar surface area (TPSA) is 107 Å². The van der Waals surface area contributed by atoms with E-state index in [4.69, 9.17) is 27.1 Å². The second-order valence-corrected chi connectivity index (χ2v) is 8.20. The fourth-order valence-corrected chi connectivity index (χ4v) is 3.98. The minimum atomic E-state index is -0.502. The third-order valence-electron chi connectivity index (χ3n) is 5.38. The fraction of sp³-hybridized carbons (Fsp3) is 0.333. The van der Waals surface area contributed by atoms with Gasteiger partial charge in [0.25, 0.3) is 0 Å². The molecule has 0 saturated heterocycles. The zero-order valence-electron chi connectivity index (χ0n) is 18.7. The lowest BCUT2D eigenvalue weighted by molar-refractivity contribution is -0.121. The number of amides is 1. The van der Waals surface area contributed by atoms with Gasteiger partial charge in [-0.05, 0) is 57.1 Å². The number of carbonyl (C=O) groups excluding carboxylic acids is 1. The Morgan fingerprint density at radius 1 is 1.21 bits per heavy atom. The van der Waals surface area contributed by atoms with Gasteiger partial charge in [0.05, 0.1) is 24.4 Å². The molecule has 1 unspecified atom stereocenters. The van der Waals surface area contributed by atoms with E-state index in [0.29, 0.717) is 30.5 Å². The van der Waals surface area contributed by atoms with E-state index in [0.717, 1.165) is 40.5 Å². The van der Waals surface area contributed by atoms with E-state index in [9.17, 15) is 4.79 Å². The molecule has 4 rings (SSSR count). The summed E-state index contributed by atoms with van der Waals surface area (Å²) in [5.41, 5.74) is 8.98. The van der Waals surface area contributed by atoms with Crippen molar-refractivity contribution in [2.24, 2.45) is 10.7 Å². The van der Waals surface area contributed by atoms with Crippen molar-refractivity contribution in [2.45, 2.75) is 32.7 Å². The zero-order valence-corrected chi connectivity index (χ0v) is 19.5. The van der Waals surface area contributed by atoms with Crippen LogP contribution in [0, 0.1) is 6.92 Å². The first-order valence-corrected chi connectivity index (χ1v) is 11.4. The maximum Gasteiger partial charge on any atom is 0.222 e. The monoisotopic (exact) mass is 466 g/mol. The van der Waals surface area contributed by atoms with Crippen LogP contribution >= 0.6 is 11.6 Å². The van der Waals surface area contributed by atoms with E-state index < -0.39 is 6.04 Å². The number of nitrogens with two attached hydrogens (primary N) is 1. The van der Waals surface area contributed by atoms with Gasteiger partial charge in [-0.1, -0.05) is 23.7 Å². The molecule has 0 spiro atoms. The fourth-order valence-electron chi connectivity index (χ4n) is 3.86. The summed E-state index contributed by atoms with van der Waals surface area (Å²) in [6, 6.07) is 12.9. The molecule has 1 aliphatic rings. The molecule has 3 aromatic rings. The number of aryl methyl sites for hydroxylation is 1. The van der Waals surface area contributed by atoms with Gasteiger partial charge >= 0.3 is 0 Å². The summed E-state index contributed by atoms with van der Waals surface area (Å²) >= 11 is 6.14. The van der Waals surface area contributed by atoms with Gasteiger partial charge in [-0.25, -0.2) is 0 Å². The van der Waals surface area contributed by atoms with Gasteiger partial charge in [-0.2, -0.15) is 0 Å². The Hall–Kier alpha value is -3.23. The van der Waals surface area contributed by atoms with Crippen molar-refractivity contribution in [1.82, 2.24) is 20.1 Å². The first-order valence-electron chi connectivity index (χ1n) is 11.0. The number of benzene rings is 2. The number of aliphatic imine (C=N–C) groups is 1. The Kier molecular flexibility index (Phi) is 7.05. The van der Waals surface area contributed by atoms with Crippen LogP contribution in [-0.2, 0) is 4.79 Å². The summed E-state index contributed by atoms with van der Waals surface area (Å²) in [5.74, 6) is 1.97. The van der Waals surface area contributed by atoms with Crippen molar-refractivity contribution in [3.8, 4) is 11.4 Å². The summed E-state index contributed by atoms with van der Waals surface area (Å²) in [4.78, 5) is 17.6. The summed E-state index contributed by atoms with van der Waals surface area (Å²) in [6.45, 7) is 5.42. The molecule has 0 bridgehead atoms. The van der Waals surface area contributed by atoms with Crippen LogP contribution in [-0.4, -0.2) is 46.1 Å². The minimum Gasteiger partial charge on any atom is -0.494 e. The highest BCUT2D eigenvalue weighted by Crippen LogP contribution is 2.34. The van der Waals surface area contributed by atoms with Crippen molar-refractivity contribution in [3.63, 3.8) is 0 Å². The van der Waals surface area contributed by atoms with Crippen molar-refractivity contribution in [3.05, 3.63) is 70.3 Å². The average molecular weight is 467 g/mol. The van der Waals surface area contributed by atoms with Gasteiger partial charge in [0.1, 0.15) is 17.6 Å². The molecule has 9 heteroatoms. The van der Waals surface area contributed by atoms with Crippen LogP contribution in [0.15, 0.2) is 47.5 Å². The number of nitrogens with zero attached hydrogens (tertiary/aromatic N) is 4.